The maximum absolute atomic E-state index is 13.2. The summed E-state index contributed by atoms with van der Waals surface area (Å²) in [4.78, 5) is 11.2. The van der Waals surface area contributed by atoms with Crippen molar-refractivity contribution in [3.63, 3.8) is 0 Å². The first-order valence-corrected chi connectivity index (χ1v) is 11.3. The molecule has 0 atom stereocenters. The Balaban J connectivity index is 1.92. The minimum absolute atomic E-state index is 0.0140. The summed E-state index contributed by atoms with van der Waals surface area (Å²) in [5, 5.41) is 0. The van der Waals surface area contributed by atoms with Gasteiger partial charge in [-0.3, -0.25) is 4.79 Å². The molecule has 1 aromatic heterocycles. The van der Waals surface area contributed by atoms with Gasteiger partial charge in [-0.1, -0.05) is 36.4 Å². The van der Waals surface area contributed by atoms with Crippen LogP contribution in [-0.2, 0) is 26.3 Å². The number of hydrogen-bond acceptors (Lipinski definition) is 5. The van der Waals surface area contributed by atoms with Gasteiger partial charge in [-0.25, -0.2) is 20.8 Å². The number of nitrogens with zero attached hydrogens (tertiary/aromatic N) is 1. The van der Waals surface area contributed by atoms with Crippen molar-refractivity contribution >= 4 is 26.1 Å². The number of carbonyl (C=O) groups is 1. The van der Waals surface area contributed by atoms with Crippen LogP contribution in [0.4, 0.5) is 0 Å². The Morgan fingerprint density at radius 1 is 1.00 bits per heavy atom. The molecular weight excluding hydrogens is 386 g/mol. The Labute approximate surface area is 157 Å². The van der Waals surface area contributed by atoms with E-state index in [0.717, 1.165) is 3.97 Å². The molecule has 0 spiro atoms. The first kappa shape index (κ1) is 17.7. The minimum Gasteiger partial charge on any atom is -0.298 e. The van der Waals surface area contributed by atoms with Crippen LogP contribution >= 0.6 is 0 Å². The second-order valence-corrected chi connectivity index (χ2v) is 10.2. The topological polar surface area (TPSA) is 90.3 Å². The molecule has 0 aliphatic carbocycles. The van der Waals surface area contributed by atoms with Crippen LogP contribution in [0.5, 0.6) is 0 Å². The summed E-state index contributed by atoms with van der Waals surface area (Å²) in [6.07, 6.45) is 2.20. The molecule has 0 saturated carbocycles. The summed E-state index contributed by atoms with van der Waals surface area (Å²) < 4.78 is 51.8. The van der Waals surface area contributed by atoms with E-state index in [4.69, 9.17) is 0 Å². The highest BCUT2D eigenvalue weighted by atomic mass is 32.2. The van der Waals surface area contributed by atoms with Gasteiger partial charge in [0.25, 0.3) is 10.0 Å². The van der Waals surface area contributed by atoms with Crippen molar-refractivity contribution < 1.29 is 21.6 Å². The number of aromatic nitrogens is 1. The monoisotopic (exact) mass is 401 g/mol. The molecule has 2 heterocycles. The number of aldehydes is 1. The van der Waals surface area contributed by atoms with Crippen molar-refractivity contribution in [2.24, 2.45) is 0 Å². The molecule has 6 nitrogen and oxygen atoms in total. The van der Waals surface area contributed by atoms with Crippen molar-refractivity contribution in [3.8, 4) is 11.3 Å². The zero-order valence-corrected chi connectivity index (χ0v) is 15.7. The quantitative estimate of drug-likeness (QED) is 0.627. The van der Waals surface area contributed by atoms with Crippen LogP contribution in [0.25, 0.3) is 11.3 Å². The Morgan fingerprint density at radius 2 is 1.74 bits per heavy atom. The standard InChI is InChI=1S/C19H15NO5S2/c21-13-14-10-18(15-4-2-1-3-5-15)20(12-14)27(24,25)17-7-6-16-8-9-26(22,23)19(16)11-17/h1-7,10-13H,8-9H2. The lowest BCUT2D eigenvalue weighted by Gasteiger charge is -2.11. The molecule has 138 valence electrons. The zero-order valence-electron chi connectivity index (χ0n) is 14.1. The van der Waals surface area contributed by atoms with Gasteiger partial charge in [-0.15, -0.1) is 0 Å². The molecule has 2 aromatic carbocycles. The smallest absolute Gasteiger partial charge is 0.268 e. The third kappa shape index (κ3) is 2.90. The maximum Gasteiger partial charge on any atom is 0.268 e. The lowest BCUT2D eigenvalue weighted by Crippen LogP contribution is -2.14. The molecule has 0 saturated heterocycles. The van der Waals surface area contributed by atoms with Crippen LogP contribution in [-0.4, -0.2) is 32.8 Å². The summed E-state index contributed by atoms with van der Waals surface area (Å²) in [6, 6.07) is 14.5. The van der Waals surface area contributed by atoms with Crippen LogP contribution in [0.15, 0.2) is 70.6 Å². The molecule has 27 heavy (non-hydrogen) atoms. The molecule has 8 heteroatoms. The Hall–Kier alpha value is -2.71. The summed E-state index contributed by atoms with van der Waals surface area (Å²) in [5.74, 6) is -0.0140. The molecule has 0 amide bonds. The molecule has 0 radical (unpaired) electrons. The van der Waals surface area contributed by atoms with Crippen LogP contribution in [0.1, 0.15) is 15.9 Å². The fraction of sp³-hybridized carbons (Fsp3) is 0.105. The van der Waals surface area contributed by atoms with Gasteiger partial charge < -0.3 is 0 Å². The maximum atomic E-state index is 13.2. The predicted octanol–water partition coefficient (Wildman–Crippen LogP) is 2.53. The summed E-state index contributed by atoms with van der Waals surface area (Å²) in [6.45, 7) is 0. The molecule has 0 unspecified atom stereocenters. The second kappa shape index (κ2) is 6.17. The SMILES string of the molecule is O=Cc1cc(-c2ccccc2)n(S(=O)(=O)c2ccc3c(c2)S(=O)(=O)CC3)c1. The highest BCUT2D eigenvalue weighted by Crippen LogP contribution is 2.31. The van der Waals surface area contributed by atoms with E-state index in [-0.39, 0.29) is 21.1 Å². The van der Waals surface area contributed by atoms with Crippen molar-refractivity contribution in [2.45, 2.75) is 16.2 Å². The minimum atomic E-state index is -4.09. The van der Waals surface area contributed by atoms with Crippen molar-refractivity contribution in [3.05, 3.63) is 71.9 Å². The van der Waals surface area contributed by atoms with E-state index in [0.29, 0.717) is 29.5 Å². The molecule has 3 aromatic rings. The number of rotatable bonds is 4. The average Bonchev–Trinajstić information content (AvgIpc) is 3.24. The molecule has 0 bridgehead atoms. The fourth-order valence-corrected chi connectivity index (χ4v) is 6.28. The molecule has 0 N–H and O–H groups in total. The fourth-order valence-electron chi connectivity index (χ4n) is 3.21. The normalized spacial score (nSPS) is 15.4. The number of hydrogen-bond donors (Lipinski definition) is 0. The highest BCUT2D eigenvalue weighted by Gasteiger charge is 2.29. The lowest BCUT2D eigenvalue weighted by molar-refractivity contribution is 0.112. The van der Waals surface area contributed by atoms with E-state index in [9.17, 15) is 21.6 Å². The molecule has 1 aliphatic heterocycles. The van der Waals surface area contributed by atoms with Gasteiger partial charge in [0.1, 0.15) is 0 Å². The van der Waals surface area contributed by atoms with E-state index in [1.54, 1.807) is 36.4 Å². The number of benzene rings is 2. The first-order valence-electron chi connectivity index (χ1n) is 8.17. The zero-order chi connectivity index (χ0) is 19.2. The van der Waals surface area contributed by atoms with Crippen molar-refractivity contribution in [1.82, 2.24) is 3.97 Å². The number of fused-ring (bicyclic) bond motifs is 1. The van der Waals surface area contributed by atoms with Gasteiger partial charge in [-0.05, 0) is 35.7 Å². The van der Waals surface area contributed by atoms with Gasteiger partial charge in [0.15, 0.2) is 16.1 Å². The van der Waals surface area contributed by atoms with Gasteiger partial charge in [0.05, 0.1) is 21.2 Å². The van der Waals surface area contributed by atoms with E-state index >= 15 is 0 Å². The van der Waals surface area contributed by atoms with E-state index in [1.807, 2.05) is 0 Å². The Morgan fingerprint density at radius 3 is 2.44 bits per heavy atom. The first-order chi connectivity index (χ1) is 12.8. The van der Waals surface area contributed by atoms with Crippen molar-refractivity contribution in [1.29, 1.82) is 0 Å². The predicted molar refractivity (Wildman–Crippen MR) is 100 cm³/mol. The average molecular weight is 401 g/mol. The molecule has 1 aliphatic rings. The van der Waals surface area contributed by atoms with Crippen LogP contribution < -0.4 is 0 Å². The second-order valence-electron chi connectivity index (χ2n) is 6.28. The number of carbonyl (C=O) groups excluding carboxylic acids is 1. The third-order valence-corrected chi connectivity index (χ3v) is 8.04. The number of sulfone groups is 1. The molecule has 0 fully saturated rings. The molecular formula is C19H15NO5S2. The van der Waals surface area contributed by atoms with E-state index < -0.39 is 19.9 Å². The van der Waals surface area contributed by atoms with E-state index in [1.165, 1.54) is 24.4 Å². The lowest BCUT2D eigenvalue weighted by atomic mass is 10.1. The van der Waals surface area contributed by atoms with Crippen LogP contribution in [0, 0.1) is 0 Å². The van der Waals surface area contributed by atoms with Gasteiger partial charge >= 0.3 is 0 Å². The van der Waals surface area contributed by atoms with Gasteiger partial charge in [0, 0.05) is 11.8 Å². The number of aryl methyl sites for hydroxylation is 1. The molecule has 4 rings (SSSR count). The van der Waals surface area contributed by atoms with Crippen LogP contribution in [0.2, 0.25) is 0 Å². The van der Waals surface area contributed by atoms with Gasteiger partial charge in [-0.2, -0.15) is 0 Å². The Bertz CT molecular complexity index is 1260. The largest absolute Gasteiger partial charge is 0.298 e. The summed E-state index contributed by atoms with van der Waals surface area (Å²) in [5.41, 5.74) is 1.80. The highest BCUT2D eigenvalue weighted by molar-refractivity contribution is 7.92. The summed E-state index contributed by atoms with van der Waals surface area (Å²) in [7, 11) is -7.55. The third-order valence-electron chi connectivity index (χ3n) is 4.58. The van der Waals surface area contributed by atoms with Crippen molar-refractivity contribution in [2.75, 3.05) is 5.75 Å². The summed E-state index contributed by atoms with van der Waals surface area (Å²) >= 11 is 0. The van der Waals surface area contributed by atoms with E-state index in [2.05, 4.69) is 0 Å². The van der Waals surface area contributed by atoms with Gasteiger partial charge in [0.2, 0.25) is 0 Å². The van der Waals surface area contributed by atoms with Crippen LogP contribution in [0.3, 0.4) is 0 Å². The Kier molecular flexibility index (Phi) is 4.05.